The number of hydrogen-bond acceptors (Lipinski definition) is 3. The Labute approximate surface area is 158 Å². The van der Waals surface area contributed by atoms with Crippen LogP contribution in [0.1, 0.15) is 53.8 Å². The van der Waals surface area contributed by atoms with Gasteiger partial charge in [0.05, 0.1) is 10.7 Å². The fourth-order valence-electron chi connectivity index (χ4n) is 3.08. The molecule has 1 aromatic heterocycles. The molecule has 25 heavy (non-hydrogen) atoms. The van der Waals surface area contributed by atoms with Crippen LogP contribution in [0.3, 0.4) is 0 Å². The number of carbonyl (C=O) groups is 1. The Bertz CT molecular complexity index is 744. The molecule has 5 heteroatoms. The van der Waals surface area contributed by atoms with E-state index in [1.54, 1.807) is 17.8 Å². The van der Waals surface area contributed by atoms with Crippen LogP contribution in [0.25, 0.3) is 0 Å². The van der Waals surface area contributed by atoms with E-state index in [1.807, 2.05) is 37.3 Å². The summed E-state index contributed by atoms with van der Waals surface area (Å²) in [6, 6.07) is 12.0. The van der Waals surface area contributed by atoms with Gasteiger partial charge in [-0.1, -0.05) is 49.1 Å². The zero-order valence-electron chi connectivity index (χ0n) is 14.4. The molecule has 1 N–H and O–H groups in total. The van der Waals surface area contributed by atoms with Gasteiger partial charge in [-0.05, 0) is 43.5 Å². The highest BCUT2D eigenvalue weighted by Gasteiger charge is 2.17. The number of amides is 1. The highest BCUT2D eigenvalue weighted by Crippen LogP contribution is 2.31. The van der Waals surface area contributed by atoms with Crippen molar-refractivity contribution >= 4 is 29.3 Å². The van der Waals surface area contributed by atoms with E-state index in [-0.39, 0.29) is 5.91 Å². The summed E-state index contributed by atoms with van der Waals surface area (Å²) in [6.07, 6.45) is 5.83. The van der Waals surface area contributed by atoms with Crippen LogP contribution < -0.4 is 5.32 Å². The summed E-state index contributed by atoms with van der Waals surface area (Å²) in [5.74, 6) is 0.626. The van der Waals surface area contributed by atoms with Crippen molar-refractivity contribution < 1.29 is 4.79 Å². The molecule has 1 saturated carbocycles. The topological polar surface area (TPSA) is 42.0 Å². The molecule has 1 aliphatic rings. The SMILES string of the molecule is Cc1cccc(SCc2cccc(C(=O)NC3CCCCC3)n2)c1Cl. The van der Waals surface area contributed by atoms with E-state index in [2.05, 4.69) is 10.3 Å². The van der Waals surface area contributed by atoms with Crippen LogP contribution in [-0.4, -0.2) is 16.9 Å². The monoisotopic (exact) mass is 374 g/mol. The van der Waals surface area contributed by atoms with Gasteiger partial charge in [0, 0.05) is 16.7 Å². The maximum Gasteiger partial charge on any atom is 0.270 e. The molecule has 3 rings (SSSR count). The average Bonchev–Trinajstić information content (AvgIpc) is 2.64. The number of benzene rings is 1. The summed E-state index contributed by atoms with van der Waals surface area (Å²) in [5.41, 5.74) is 2.46. The van der Waals surface area contributed by atoms with Gasteiger partial charge in [-0.3, -0.25) is 4.79 Å². The molecule has 2 aromatic rings. The van der Waals surface area contributed by atoms with Gasteiger partial charge < -0.3 is 5.32 Å². The van der Waals surface area contributed by atoms with E-state index in [4.69, 9.17) is 11.6 Å². The molecule has 0 radical (unpaired) electrons. The average molecular weight is 375 g/mol. The van der Waals surface area contributed by atoms with E-state index in [0.29, 0.717) is 17.5 Å². The second-order valence-electron chi connectivity index (χ2n) is 6.50. The van der Waals surface area contributed by atoms with Crippen molar-refractivity contribution in [2.24, 2.45) is 0 Å². The second-order valence-corrected chi connectivity index (χ2v) is 7.89. The number of nitrogens with zero attached hydrogens (tertiary/aromatic N) is 1. The van der Waals surface area contributed by atoms with Crippen molar-refractivity contribution in [3.8, 4) is 0 Å². The van der Waals surface area contributed by atoms with E-state index >= 15 is 0 Å². The molecule has 3 nitrogen and oxygen atoms in total. The molecule has 0 unspecified atom stereocenters. The molecule has 1 amide bonds. The predicted octanol–water partition coefficient (Wildman–Crippen LogP) is 5.40. The summed E-state index contributed by atoms with van der Waals surface area (Å²) < 4.78 is 0. The minimum Gasteiger partial charge on any atom is -0.348 e. The number of pyridine rings is 1. The van der Waals surface area contributed by atoms with Crippen LogP contribution in [0.4, 0.5) is 0 Å². The Morgan fingerprint density at radius 3 is 2.76 bits per heavy atom. The first kappa shape index (κ1) is 18.3. The molecule has 0 spiro atoms. The lowest BCUT2D eigenvalue weighted by Crippen LogP contribution is -2.36. The summed E-state index contributed by atoms with van der Waals surface area (Å²) >= 11 is 7.99. The van der Waals surface area contributed by atoms with Crippen LogP contribution in [0, 0.1) is 6.92 Å². The highest BCUT2D eigenvalue weighted by molar-refractivity contribution is 7.98. The maximum atomic E-state index is 12.4. The number of halogens is 1. The predicted molar refractivity (Wildman–Crippen MR) is 104 cm³/mol. The lowest BCUT2D eigenvalue weighted by molar-refractivity contribution is 0.0922. The number of aryl methyl sites for hydroxylation is 1. The van der Waals surface area contributed by atoms with Gasteiger partial charge >= 0.3 is 0 Å². The van der Waals surface area contributed by atoms with Crippen molar-refractivity contribution in [3.05, 3.63) is 58.4 Å². The second kappa shape index (κ2) is 8.72. The quantitative estimate of drug-likeness (QED) is 0.712. The van der Waals surface area contributed by atoms with Crippen molar-refractivity contribution in [3.63, 3.8) is 0 Å². The zero-order valence-corrected chi connectivity index (χ0v) is 16.0. The minimum absolute atomic E-state index is 0.0627. The zero-order chi connectivity index (χ0) is 17.6. The van der Waals surface area contributed by atoms with Gasteiger partial charge in [-0.2, -0.15) is 0 Å². The molecular formula is C20H23ClN2OS. The molecule has 0 saturated heterocycles. The van der Waals surface area contributed by atoms with Crippen LogP contribution in [0.5, 0.6) is 0 Å². The van der Waals surface area contributed by atoms with Gasteiger partial charge in [0.15, 0.2) is 0 Å². The molecule has 0 bridgehead atoms. The molecule has 132 valence electrons. The van der Waals surface area contributed by atoms with Crippen LogP contribution >= 0.6 is 23.4 Å². The normalized spacial score (nSPS) is 15.1. The number of carbonyl (C=O) groups excluding carboxylic acids is 1. The third-order valence-electron chi connectivity index (χ3n) is 4.51. The van der Waals surface area contributed by atoms with Crippen molar-refractivity contribution in [2.75, 3.05) is 0 Å². The molecule has 1 aliphatic carbocycles. The summed E-state index contributed by atoms with van der Waals surface area (Å²) in [7, 11) is 0. The number of hydrogen-bond donors (Lipinski definition) is 1. The molecule has 1 heterocycles. The fraction of sp³-hybridized carbons (Fsp3) is 0.400. The molecule has 0 atom stereocenters. The minimum atomic E-state index is -0.0627. The number of nitrogens with one attached hydrogen (secondary N) is 1. The Balaban J connectivity index is 1.62. The van der Waals surface area contributed by atoms with Crippen LogP contribution in [0.15, 0.2) is 41.3 Å². The van der Waals surface area contributed by atoms with Crippen molar-refractivity contribution in [2.45, 2.75) is 55.7 Å². The lowest BCUT2D eigenvalue weighted by atomic mass is 9.95. The lowest BCUT2D eigenvalue weighted by Gasteiger charge is -2.22. The maximum absolute atomic E-state index is 12.4. The molecule has 1 fully saturated rings. The number of aromatic nitrogens is 1. The van der Waals surface area contributed by atoms with E-state index in [0.717, 1.165) is 34.0 Å². The first-order valence-electron chi connectivity index (χ1n) is 8.78. The van der Waals surface area contributed by atoms with Gasteiger partial charge in [-0.15, -0.1) is 11.8 Å². The highest BCUT2D eigenvalue weighted by atomic mass is 35.5. The summed E-state index contributed by atoms with van der Waals surface area (Å²) in [6.45, 7) is 2.00. The Morgan fingerprint density at radius 1 is 1.20 bits per heavy atom. The van der Waals surface area contributed by atoms with Crippen LogP contribution in [-0.2, 0) is 5.75 Å². The van der Waals surface area contributed by atoms with Crippen molar-refractivity contribution in [1.29, 1.82) is 0 Å². The van der Waals surface area contributed by atoms with Crippen LogP contribution in [0.2, 0.25) is 5.02 Å². The Morgan fingerprint density at radius 2 is 1.96 bits per heavy atom. The van der Waals surface area contributed by atoms with Gasteiger partial charge in [0.1, 0.15) is 5.69 Å². The third-order valence-corrected chi connectivity index (χ3v) is 6.22. The van der Waals surface area contributed by atoms with E-state index < -0.39 is 0 Å². The van der Waals surface area contributed by atoms with Crippen molar-refractivity contribution in [1.82, 2.24) is 10.3 Å². The van der Waals surface area contributed by atoms with Gasteiger partial charge in [0.2, 0.25) is 0 Å². The van der Waals surface area contributed by atoms with E-state index in [1.165, 1.54) is 19.3 Å². The fourth-order valence-corrected chi connectivity index (χ4v) is 4.29. The largest absolute Gasteiger partial charge is 0.348 e. The first-order valence-corrected chi connectivity index (χ1v) is 10.1. The number of rotatable bonds is 5. The smallest absolute Gasteiger partial charge is 0.270 e. The van der Waals surface area contributed by atoms with E-state index in [9.17, 15) is 4.79 Å². The molecule has 1 aromatic carbocycles. The number of thioether (sulfide) groups is 1. The summed E-state index contributed by atoms with van der Waals surface area (Å²) in [4.78, 5) is 18.0. The molecular weight excluding hydrogens is 352 g/mol. The molecule has 0 aliphatic heterocycles. The standard InChI is InChI=1S/C20H23ClN2OS/c1-14-7-5-12-18(19(14)21)25-13-16-10-6-11-17(22-16)20(24)23-15-8-3-2-4-9-15/h5-7,10-12,15H,2-4,8-9,13H2,1H3,(H,23,24). The Kier molecular flexibility index (Phi) is 6.38. The summed E-state index contributed by atoms with van der Waals surface area (Å²) in [5, 5.41) is 3.91. The van der Waals surface area contributed by atoms with Gasteiger partial charge in [0.25, 0.3) is 5.91 Å². The third kappa shape index (κ3) is 4.99. The Hall–Kier alpha value is -1.52. The first-order chi connectivity index (χ1) is 12.1. The van der Waals surface area contributed by atoms with Gasteiger partial charge in [-0.25, -0.2) is 4.98 Å².